The Labute approximate surface area is 139 Å². The van der Waals surface area contributed by atoms with Crippen LogP contribution in [-0.4, -0.2) is 39.8 Å². The van der Waals surface area contributed by atoms with Crippen molar-refractivity contribution in [3.63, 3.8) is 0 Å². The maximum absolute atomic E-state index is 13.0. The molecule has 1 aliphatic rings. The second-order valence-corrected chi connectivity index (χ2v) is 7.40. The molecule has 2 heterocycles. The van der Waals surface area contributed by atoms with Gasteiger partial charge in [0, 0.05) is 18.8 Å². The normalized spacial score (nSPS) is 18.0. The summed E-state index contributed by atoms with van der Waals surface area (Å²) in [4.78, 5) is 20.4. The van der Waals surface area contributed by atoms with E-state index in [1.54, 1.807) is 12.1 Å². The topological polar surface area (TPSA) is 112 Å². The molecule has 0 aliphatic carbocycles. The van der Waals surface area contributed by atoms with Crippen LogP contribution in [0.25, 0.3) is 0 Å². The van der Waals surface area contributed by atoms with Gasteiger partial charge in [0.15, 0.2) is 0 Å². The van der Waals surface area contributed by atoms with Crippen molar-refractivity contribution >= 4 is 15.9 Å². The smallest absolute Gasteiger partial charge is 0.262 e. The van der Waals surface area contributed by atoms with Crippen molar-refractivity contribution in [3.8, 4) is 0 Å². The Morgan fingerprint density at radius 3 is 2.46 bits per heavy atom. The molecule has 0 spiro atoms. The van der Waals surface area contributed by atoms with Crippen molar-refractivity contribution < 1.29 is 18.4 Å². The first kappa shape index (κ1) is 16.5. The second kappa shape index (κ2) is 6.27. The van der Waals surface area contributed by atoms with Crippen LogP contribution in [0.3, 0.4) is 0 Å². The first-order valence-corrected chi connectivity index (χ1v) is 8.68. The van der Waals surface area contributed by atoms with Crippen molar-refractivity contribution in [2.45, 2.75) is 30.8 Å². The molecule has 0 saturated carbocycles. The summed E-state index contributed by atoms with van der Waals surface area (Å²) >= 11 is 0. The van der Waals surface area contributed by atoms with Crippen LogP contribution in [0.1, 0.15) is 17.0 Å². The Bertz CT molecular complexity index is 867. The van der Waals surface area contributed by atoms with Crippen LogP contribution in [0.2, 0.25) is 0 Å². The van der Waals surface area contributed by atoms with E-state index in [2.05, 4.69) is 9.97 Å². The molecule has 1 aliphatic heterocycles. The van der Waals surface area contributed by atoms with Gasteiger partial charge >= 0.3 is 0 Å². The number of aromatic nitrogens is 2. The molecular weight excluding hydrogens is 332 g/mol. The Hall–Kier alpha value is -2.36. The summed E-state index contributed by atoms with van der Waals surface area (Å²) in [7, 11) is -3.93. The molecule has 1 atom stereocenters. The number of hydroxylamine groups is 1. The van der Waals surface area contributed by atoms with E-state index < -0.39 is 22.0 Å². The molecule has 9 heteroatoms. The molecule has 3 rings (SSSR count). The van der Waals surface area contributed by atoms with Crippen LogP contribution in [-0.2, 0) is 27.8 Å². The van der Waals surface area contributed by atoms with Gasteiger partial charge in [-0.25, -0.2) is 13.9 Å². The predicted octanol–water partition coefficient (Wildman–Crippen LogP) is 0.406. The van der Waals surface area contributed by atoms with E-state index in [0.717, 1.165) is 9.87 Å². The van der Waals surface area contributed by atoms with Crippen molar-refractivity contribution in [2.75, 3.05) is 0 Å². The third-order valence-electron chi connectivity index (χ3n) is 3.94. The molecule has 0 bridgehead atoms. The van der Waals surface area contributed by atoms with Crippen molar-refractivity contribution in [1.29, 1.82) is 0 Å². The summed E-state index contributed by atoms with van der Waals surface area (Å²) in [5.41, 5.74) is 3.50. The van der Waals surface area contributed by atoms with Gasteiger partial charge in [-0.2, -0.15) is 4.31 Å². The number of nitrogens with zero attached hydrogens (tertiary/aromatic N) is 3. The third-order valence-corrected chi connectivity index (χ3v) is 5.81. The number of nitrogens with one attached hydrogen (secondary N) is 1. The molecule has 0 radical (unpaired) electrons. The molecule has 0 saturated heterocycles. The van der Waals surface area contributed by atoms with Crippen molar-refractivity contribution in [1.82, 2.24) is 19.8 Å². The van der Waals surface area contributed by atoms with E-state index in [1.165, 1.54) is 30.0 Å². The number of rotatable bonds is 3. The maximum Gasteiger partial charge on any atom is 0.262 e. The lowest BCUT2D eigenvalue weighted by Crippen LogP contribution is -2.52. The van der Waals surface area contributed by atoms with Crippen LogP contribution >= 0.6 is 0 Å². The summed E-state index contributed by atoms with van der Waals surface area (Å²) in [5.74, 6) is -0.804. The number of benzene rings is 1. The zero-order valence-electron chi connectivity index (χ0n) is 12.9. The van der Waals surface area contributed by atoms with E-state index in [-0.39, 0.29) is 17.9 Å². The highest BCUT2D eigenvalue weighted by atomic mass is 32.2. The second-order valence-electron chi connectivity index (χ2n) is 5.51. The van der Waals surface area contributed by atoms with Gasteiger partial charge in [-0.15, -0.1) is 0 Å². The Balaban J connectivity index is 2.05. The van der Waals surface area contributed by atoms with E-state index >= 15 is 0 Å². The molecule has 1 aromatic carbocycles. The molecule has 1 aromatic heterocycles. The van der Waals surface area contributed by atoms with E-state index in [0.29, 0.717) is 11.4 Å². The van der Waals surface area contributed by atoms with Gasteiger partial charge in [0.05, 0.1) is 22.8 Å². The van der Waals surface area contributed by atoms with E-state index in [1.807, 2.05) is 6.92 Å². The zero-order valence-corrected chi connectivity index (χ0v) is 13.7. The number of aryl methyl sites for hydroxylation is 1. The van der Waals surface area contributed by atoms with Gasteiger partial charge in [-0.3, -0.25) is 20.0 Å². The molecule has 2 N–H and O–H groups in total. The first-order chi connectivity index (χ1) is 11.4. The molecule has 24 heavy (non-hydrogen) atoms. The van der Waals surface area contributed by atoms with Gasteiger partial charge < -0.3 is 0 Å². The molecule has 1 unspecified atom stereocenters. The third kappa shape index (κ3) is 2.88. The molecule has 0 fully saturated rings. The van der Waals surface area contributed by atoms with Crippen LogP contribution in [0, 0.1) is 6.92 Å². The number of fused-ring (bicyclic) bond motifs is 1. The monoisotopic (exact) mass is 348 g/mol. The molecule has 8 nitrogen and oxygen atoms in total. The maximum atomic E-state index is 13.0. The van der Waals surface area contributed by atoms with Gasteiger partial charge in [0.1, 0.15) is 6.04 Å². The minimum atomic E-state index is -3.93. The highest BCUT2D eigenvalue weighted by Crippen LogP contribution is 2.27. The predicted molar refractivity (Wildman–Crippen MR) is 83.4 cm³/mol. The van der Waals surface area contributed by atoms with Gasteiger partial charge in [0.25, 0.3) is 5.91 Å². The van der Waals surface area contributed by atoms with Gasteiger partial charge in [-0.1, -0.05) is 17.7 Å². The zero-order chi connectivity index (χ0) is 17.3. The first-order valence-electron chi connectivity index (χ1n) is 7.24. The molecule has 126 valence electrons. The standard InChI is InChI=1S/C15H16N4O4S/c1-10-2-4-11(5-3-10)24(22,23)19-9-13-12(16-6-7-17-13)8-14(19)15(20)18-21/h2-7,14,21H,8-9H2,1H3,(H,18,20). The van der Waals surface area contributed by atoms with Crippen LogP contribution < -0.4 is 5.48 Å². The lowest BCUT2D eigenvalue weighted by atomic mass is 10.0. The lowest BCUT2D eigenvalue weighted by molar-refractivity contribution is -0.133. The Kier molecular flexibility index (Phi) is 4.31. The number of carbonyl (C=O) groups is 1. The average molecular weight is 348 g/mol. The minimum Gasteiger partial charge on any atom is -0.289 e. The number of amides is 1. The van der Waals surface area contributed by atoms with Crippen LogP contribution in [0.5, 0.6) is 0 Å². The lowest BCUT2D eigenvalue weighted by Gasteiger charge is -2.33. The Morgan fingerprint density at radius 2 is 1.83 bits per heavy atom. The van der Waals surface area contributed by atoms with Crippen molar-refractivity contribution in [3.05, 3.63) is 53.6 Å². The fourth-order valence-corrected chi connectivity index (χ4v) is 4.19. The fourth-order valence-electron chi connectivity index (χ4n) is 2.64. The van der Waals surface area contributed by atoms with E-state index in [9.17, 15) is 13.2 Å². The molecule has 2 aromatic rings. The SMILES string of the molecule is Cc1ccc(S(=O)(=O)N2Cc3nccnc3CC2C(=O)NO)cc1. The average Bonchev–Trinajstić information content (AvgIpc) is 2.60. The summed E-state index contributed by atoms with van der Waals surface area (Å²) < 4.78 is 27.0. The summed E-state index contributed by atoms with van der Waals surface area (Å²) in [6, 6.07) is 5.26. The number of sulfonamides is 1. The quantitative estimate of drug-likeness (QED) is 0.613. The number of hydrogen-bond donors (Lipinski definition) is 2. The Morgan fingerprint density at radius 1 is 1.21 bits per heavy atom. The molecular formula is C15H16N4O4S. The van der Waals surface area contributed by atoms with Crippen LogP contribution in [0.4, 0.5) is 0 Å². The summed E-state index contributed by atoms with van der Waals surface area (Å²) in [6.07, 6.45) is 3.00. The fraction of sp³-hybridized carbons (Fsp3) is 0.267. The highest BCUT2D eigenvalue weighted by Gasteiger charge is 2.40. The van der Waals surface area contributed by atoms with Gasteiger partial charge in [-0.05, 0) is 19.1 Å². The number of hydrogen-bond acceptors (Lipinski definition) is 6. The van der Waals surface area contributed by atoms with Gasteiger partial charge in [0.2, 0.25) is 10.0 Å². The number of carbonyl (C=O) groups excluding carboxylic acids is 1. The minimum absolute atomic E-state index is 0.0423. The van der Waals surface area contributed by atoms with Crippen LogP contribution in [0.15, 0.2) is 41.6 Å². The van der Waals surface area contributed by atoms with Crippen molar-refractivity contribution in [2.24, 2.45) is 0 Å². The largest absolute Gasteiger partial charge is 0.289 e. The summed E-state index contributed by atoms with van der Waals surface area (Å²) in [6.45, 7) is 1.77. The molecule has 1 amide bonds. The highest BCUT2D eigenvalue weighted by molar-refractivity contribution is 7.89. The summed E-state index contributed by atoms with van der Waals surface area (Å²) in [5, 5.41) is 8.97. The van der Waals surface area contributed by atoms with E-state index in [4.69, 9.17) is 5.21 Å².